The molecule has 0 saturated carbocycles. The van der Waals surface area contributed by atoms with Crippen LogP contribution in [-0.4, -0.2) is 0 Å². The van der Waals surface area contributed by atoms with E-state index in [4.69, 9.17) is 11.6 Å². The van der Waals surface area contributed by atoms with Crippen molar-refractivity contribution in [2.45, 2.75) is 6.04 Å². The molecular weight excluding hydrogens is 391 g/mol. The molecule has 0 aliphatic rings. The number of para-hydroxylation sites is 1. The van der Waals surface area contributed by atoms with E-state index < -0.39 is 6.04 Å². The smallest absolute Gasteiger partial charge is 0.141 e. The van der Waals surface area contributed by atoms with Crippen LogP contribution in [0.2, 0.25) is 5.02 Å². The Hall–Kier alpha value is -1.02. The molecule has 1 atom stereocenters. The largest absolute Gasteiger partial charge is 0.365 e. The Bertz CT molecular complexity index is 638. The lowest BCUT2D eigenvalue weighted by Gasteiger charge is -2.16. The Morgan fingerprint density at radius 1 is 1.16 bits per heavy atom. The fourth-order valence-electron chi connectivity index (χ4n) is 1.65. The lowest BCUT2D eigenvalue weighted by atomic mass is 10.1. The third kappa shape index (κ3) is 3.50. The molecular formula is C14H9Br2ClN2. The Labute approximate surface area is 133 Å². The van der Waals surface area contributed by atoms with Crippen molar-refractivity contribution in [3.05, 3.63) is 62.0 Å². The Morgan fingerprint density at radius 3 is 2.53 bits per heavy atom. The summed E-state index contributed by atoms with van der Waals surface area (Å²) < 4.78 is 1.79. The molecule has 0 aromatic heterocycles. The van der Waals surface area contributed by atoms with Gasteiger partial charge in [0.25, 0.3) is 0 Å². The summed E-state index contributed by atoms with van der Waals surface area (Å²) >= 11 is 13.0. The standard InChI is InChI=1S/C14H9Br2ClN2/c15-9-5-6-10(12(17)7-9)14(8-18)19-13-4-2-1-3-11(13)16/h1-7,14,19H. The molecule has 0 heterocycles. The van der Waals surface area contributed by atoms with Crippen LogP contribution >= 0.6 is 43.5 Å². The van der Waals surface area contributed by atoms with Crippen molar-refractivity contribution in [2.75, 3.05) is 5.32 Å². The van der Waals surface area contributed by atoms with Crippen LogP contribution in [-0.2, 0) is 0 Å². The van der Waals surface area contributed by atoms with Crippen LogP contribution in [0.15, 0.2) is 51.4 Å². The van der Waals surface area contributed by atoms with Gasteiger partial charge in [-0.2, -0.15) is 5.26 Å². The normalized spacial score (nSPS) is 11.7. The fraction of sp³-hybridized carbons (Fsp3) is 0.0714. The Morgan fingerprint density at radius 2 is 1.89 bits per heavy atom. The zero-order valence-corrected chi connectivity index (χ0v) is 13.6. The zero-order chi connectivity index (χ0) is 13.8. The van der Waals surface area contributed by atoms with Crippen molar-refractivity contribution in [2.24, 2.45) is 0 Å². The number of rotatable bonds is 3. The molecule has 2 aromatic carbocycles. The van der Waals surface area contributed by atoms with Crippen molar-refractivity contribution in [3.63, 3.8) is 0 Å². The van der Waals surface area contributed by atoms with Crippen molar-refractivity contribution in [1.29, 1.82) is 5.26 Å². The number of halogens is 3. The highest BCUT2D eigenvalue weighted by atomic mass is 79.9. The number of nitrogens with one attached hydrogen (secondary N) is 1. The van der Waals surface area contributed by atoms with Crippen LogP contribution in [0.5, 0.6) is 0 Å². The number of hydrogen-bond acceptors (Lipinski definition) is 2. The van der Waals surface area contributed by atoms with E-state index in [2.05, 4.69) is 43.2 Å². The van der Waals surface area contributed by atoms with E-state index in [9.17, 15) is 5.26 Å². The van der Waals surface area contributed by atoms with Gasteiger partial charge in [-0.15, -0.1) is 0 Å². The van der Waals surface area contributed by atoms with Crippen LogP contribution in [0.3, 0.4) is 0 Å². The number of anilines is 1. The molecule has 0 amide bonds. The Balaban J connectivity index is 2.31. The lowest BCUT2D eigenvalue weighted by Crippen LogP contribution is -2.09. The number of benzene rings is 2. The summed E-state index contributed by atoms with van der Waals surface area (Å²) in [6.45, 7) is 0. The molecule has 0 aliphatic heterocycles. The second kappa shape index (κ2) is 6.42. The molecule has 0 fully saturated rings. The highest BCUT2D eigenvalue weighted by molar-refractivity contribution is 9.10. The van der Waals surface area contributed by atoms with Gasteiger partial charge in [0.1, 0.15) is 6.04 Å². The second-order valence-electron chi connectivity index (χ2n) is 3.85. The first kappa shape index (κ1) is 14.4. The summed E-state index contributed by atoms with van der Waals surface area (Å²) in [5.41, 5.74) is 1.61. The van der Waals surface area contributed by atoms with Gasteiger partial charge in [0.2, 0.25) is 0 Å². The number of hydrogen-bond donors (Lipinski definition) is 1. The van der Waals surface area contributed by atoms with Crippen molar-refractivity contribution in [1.82, 2.24) is 0 Å². The first-order valence-electron chi connectivity index (χ1n) is 5.47. The summed E-state index contributed by atoms with van der Waals surface area (Å²) in [7, 11) is 0. The minimum Gasteiger partial charge on any atom is -0.365 e. The summed E-state index contributed by atoms with van der Waals surface area (Å²) in [6.07, 6.45) is 0. The molecule has 1 N–H and O–H groups in total. The van der Waals surface area contributed by atoms with Crippen molar-refractivity contribution < 1.29 is 0 Å². The zero-order valence-electron chi connectivity index (χ0n) is 9.70. The van der Waals surface area contributed by atoms with Crippen molar-refractivity contribution >= 4 is 49.1 Å². The molecule has 2 rings (SSSR count). The second-order valence-corrected chi connectivity index (χ2v) is 6.03. The molecule has 1 unspecified atom stereocenters. The van der Waals surface area contributed by atoms with Gasteiger partial charge < -0.3 is 5.32 Å². The molecule has 0 aliphatic carbocycles. The third-order valence-corrected chi connectivity index (χ3v) is 4.09. The van der Waals surface area contributed by atoms with Crippen LogP contribution in [0, 0.1) is 11.3 Å². The third-order valence-electron chi connectivity index (χ3n) is 2.58. The van der Waals surface area contributed by atoms with Crippen LogP contribution in [0.4, 0.5) is 5.69 Å². The van der Waals surface area contributed by atoms with Crippen LogP contribution in [0.1, 0.15) is 11.6 Å². The summed E-state index contributed by atoms with van der Waals surface area (Å²) in [4.78, 5) is 0. The van der Waals surface area contributed by atoms with Gasteiger partial charge in [0, 0.05) is 25.2 Å². The molecule has 2 aromatic rings. The summed E-state index contributed by atoms with van der Waals surface area (Å²) in [5, 5.41) is 13.0. The van der Waals surface area contributed by atoms with E-state index >= 15 is 0 Å². The maximum Gasteiger partial charge on any atom is 0.141 e. The molecule has 0 bridgehead atoms. The van der Waals surface area contributed by atoms with E-state index in [0.29, 0.717) is 5.02 Å². The van der Waals surface area contributed by atoms with Gasteiger partial charge in [0.05, 0.1) is 6.07 Å². The first-order valence-corrected chi connectivity index (χ1v) is 7.44. The van der Waals surface area contributed by atoms with E-state index in [1.165, 1.54) is 0 Å². The molecule has 5 heteroatoms. The highest BCUT2D eigenvalue weighted by Crippen LogP contribution is 2.30. The molecule has 96 valence electrons. The lowest BCUT2D eigenvalue weighted by molar-refractivity contribution is 0.995. The predicted octanol–water partition coefficient (Wildman–Crippen LogP) is 5.54. The summed E-state index contributed by atoms with van der Waals surface area (Å²) in [5.74, 6) is 0. The highest BCUT2D eigenvalue weighted by Gasteiger charge is 2.15. The quantitative estimate of drug-likeness (QED) is 0.734. The number of nitriles is 1. The van der Waals surface area contributed by atoms with Crippen molar-refractivity contribution in [3.8, 4) is 6.07 Å². The molecule has 0 radical (unpaired) electrons. The topological polar surface area (TPSA) is 35.8 Å². The maximum atomic E-state index is 9.33. The van der Waals surface area contributed by atoms with Gasteiger partial charge in [-0.25, -0.2) is 0 Å². The first-order chi connectivity index (χ1) is 9.11. The minimum absolute atomic E-state index is 0.501. The SMILES string of the molecule is N#CC(Nc1ccccc1Br)c1ccc(Br)cc1Cl. The van der Waals surface area contributed by atoms with E-state index in [0.717, 1.165) is 20.2 Å². The van der Waals surface area contributed by atoms with E-state index in [-0.39, 0.29) is 0 Å². The monoisotopic (exact) mass is 398 g/mol. The van der Waals surface area contributed by atoms with Gasteiger partial charge in [-0.05, 0) is 40.2 Å². The minimum atomic E-state index is -0.501. The average Bonchev–Trinajstić information content (AvgIpc) is 2.39. The summed E-state index contributed by atoms with van der Waals surface area (Å²) in [6, 6.07) is 14.9. The van der Waals surface area contributed by atoms with Crippen LogP contribution in [0.25, 0.3) is 0 Å². The van der Waals surface area contributed by atoms with Gasteiger partial charge in [0.15, 0.2) is 0 Å². The average molecular weight is 401 g/mol. The molecule has 0 spiro atoms. The predicted molar refractivity (Wildman–Crippen MR) is 85.3 cm³/mol. The fourth-order valence-corrected chi connectivity index (χ4v) is 2.83. The number of nitrogens with zero attached hydrogens (tertiary/aromatic N) is 1. The maximum absolute atomic E-state index is 9.33. The van der Waals surface area contributed by atoms with E-state index in [1.54, 1.807) is 6.07 Å². The molecule has 19 heavy (non-hydrogen) atoms. The van der Waals surface area contributed by atoms with Gasteiger partial charge in [-0.3, -0.25) is 0 Å². The Kier molecular flexibility index (Phi) is 4.87. The molecule has 2 nitrogen and oxygen atoms in total. The molecule has 0 saturated heterocycles. The van der Waals surface area contributed by atoms with Gasteiger partial charge in [-0.1, -0.05) is 45.7 Å². The van der Waals surface area contributed by atoms with Gasteiger partial charge >= 0.3 is 0 Å². The van der Waals surface area contributed by atoms with E-state index in [1.807, 2.05) is 36.4 Å². The van der Waals surface area contributed by atoms with Crippen LogP contribution < -0.4 is 5.32 Å².